The van der Waals surface area contributed by atoms with Crippen molar-refractivity contribution in [3.63, 3.8) is 0 Å². The lowest BCUT2D eigenvalue weighted by Gasteiger charge is -2.08. The summed E-state index contributed by atoms with van der Waals surface area (Å²) < 4.78 is 7.86. The molecule has 210 valence electrons. The predicted octanol–water partition coefficient (Wildman–Crippen LogP) is 12.9. The van der Waals surface area contributed by atoms with Gasteiger partial charge in [0, 0.05) is 47.4 Å². The maximum atomic E-state index is 2.42. The number of benzene rings is 7. The second-order valence-corrected chi connectivity index (χ2v) is 13.8. The van der Waals surface area contributed by atoms with Gasteiger partial charge in [-0.25, -0.2) is 0 Å². The molecule has 0 aliphatic carbocycles. The fourth-order valence-corrected chi connectivity index (χ4v) is 9.59. The van der Waals surface area contributed by atoms with Crippen molar-refractivity contribution in [3.8, 4) is 27.9 Å². The van der Waals surface area contributed by atoms with Gasteiger partial charge in [-0.15, -0.1) is 22.7 Å². The smallest absolute Gasteiger partial charge is 0.0541 e. The molecule has 0 saturated carbocycles. The Balaban J connectivity index is 1.13. The molecule has 7 aromatic carbocycles. The van der Waals surface area contributed by atoms with Gasteiger partial charge in [0.2, 0.25) is 0 Å². The third-order valence-electron chi connectivity index (χ3n) is 9.20. The molecule has 0 fully saturated rings. The molecule has 0 bridgehead atoms. The second-order valence-electron chi connectivity index (χ2n) is 11.7. The summed E-state index contributed by atoms with van der Waals surface area (Å²) in [7, 11) is 0. The van der Waals surface area contributed by atoms with Gasteiger partial charge in [-0.2, -0.15) is 0 Å². The molecule has 3 heterocycles. The zero-order chi connectivity index (χ0) is 29.5. The van der Waals surface area contributed by atoms with Crippen molar-refractivity contribution in [2.24, 2.45) is 0 Å². The second kappa shape index (κ2) is 9.64. The summed E-state index contributed by atoms with van der Waals surface area (Å²) in [6.07, 6.45) is 0. The first kappa shape index (κ1) is 25.1. The summed E-state index contributed by atoms with van der Waals surface area (Å²) >= 11 is 3.84. The number of thiophene rings is 2. The van der Waals surface area contributed by atoms with Gasteiger partial charge in [-0.1, -0.05) is 103 Å². The summed E-state index contributed by atoms with van der Waals surface area (Å²) in [5.74, 6) is 0. The molecule has 0 aliphatic heterocycles. The first-order valence-corrected chi connectivity index (χ1v) is 16.9. The van der Waals surface area contributed by atoms with Crippen LogP contribution in [0.4, 0.5) is 0 Å². The minimum Gasteiger partial charge on any atom is -0.309 e. The summed E-state index contributed by atoms with van der Waals surface area (Å²) in [6, 6.07) is 55.7. The SMILES string of the molecule is c1ccc(-c2cccc(-c3ccc4sc5c(ccc6c7cc(-n8c9ccccc9c9ccccc98)ccc7sc65)c4c3)c2)cc1. The van der Waals surface area contributed by atoms with Crippen LogP contribution in [0.3, 0.4) is 0 Å². The first-order chi connectivity index (χ1) is 22.3. The number of hydrogen-bond acceptors (Lipinski definition) is 2. The van der Waals surface area contributed by atoms with Gasteiger partial charge in [-0.05, 0) is 70.8 Å². The van der Waals surface area contributed by atoms with Crippen molar-refractivity contribution in [2.45, 2.75) is 0 Å². The van der Waals surface area contributed by atoms with E-state index in [0.29, 0.717) is 0 Å². The van der Waals surface area contributed by atoms with Gasteiger partial charge in [0.25, 0.3) is 0 Å². The van der Waals surface area contributed by atoms with Crippen LogP contribution in [-0.4, -0.2) is 4.57 Å². The number of nitrogens with zero attached hydrogens (tertiary/aromatic N) is 1. The largest absolute Gasteiger partial charge is 0.309 e. The Morgan fingerprint density at radius 1 is 0.333 bits per heavy atom. The minimum absolute atomic E-state index is 1.21. The van der Waals surface area contributed by atoms with Gasteiger partial charge < -0.3 is 4.57 Å². The maximum Gasteiger partial charge on any atom is 0.0541 e. The van der Waals surface area contributed by atoms with E-state index >= 15 is 0 Å². The topological polar surface area (TPSA) is 4.93 Å². The Kier molecular flexibility index (Phi) is 5.39. The molecule has 0 N–H and O–H groups in total. The maximum absolute atomic E-state index is 2.42. The van der Waals surface area contributed by atoms with E-state index in [9.17, 15) is 0 Å². The fourth-order valence-electron chi connectivity index (χ4n) is 7.08. The zero-order valence-corrected chi connectivity index (χ0v) is 25.8. The van der Waals surface area contributed by atoms with E-state index in [1.807, 2.05) is 22.7 Å². The molecule has 10 aromatic rings. The van der Waals surface area contributed by atoms with Crippen LogP contribution in [0.2, 0.25) is 0 Å². The normalized spacial score (nSPS) is 12.0. The van der Waals surface area contributed by atoms with Gasteiger partial charge in [-0.3, -0.25) is 0 Å². The fraction of sp³-hybridized carbons (Fsp3) is 0. The standard InChI is InChI=1S/C42H25NS2/c1-2-9-26(10-3-1)27-11-8-12-28(23-27)29-17-21-39-35(24-29)33-19-20-34-36-25-30(18-22-40(36)45-42(34)41(33)44-39)43-37-15-6-4-13-31(37)32-14-5-7-16-38(32)43/h1-25H. The van der Waals surface area contributed by atoms with E-state index in [4.69, 9.17) is 0 Å². The van der Waals surface area contributed by atoms with Crippen molar-refractivity contribution in [1.29, 1.82) is 0 Å². The number of para-hydroxylation sites is 2. The molecule has 0 amide bonds. The van der Waals surface area contributed by atoms with Crippen molar-refractivity contribution >= 4 is 84.8 Å². The molecule has 0 saturated heterocycles. The first-order valence-electron chi connectivity index (χ1n) is 15.3. The molecule has 3 aromatic heterocycles. The van der Waals surface area contributed by atoms with Crippen molar-refractivity contribution < 1.29 is 0 Å². The van der Waals surface area contributed by atoms with Gasteiger partial charge >= 0.3 is 0 Å². The molecule has 0 unspecified atom stereocenters. The van der Waals surface area contributed by atoms with E-state index in [-0.39, 0.29) is 0 Å². The molecule has 0 atom stereocenters. The van der Waals surface area contributed by atoms with Crippen LogP contribution in [-0.2, 0) is 0 Å². The van der Waals surface area contributed by atoms with Crippen molar-refractivity contribution in [2.75, 3.05) is 0 Å². The molecule has 45 heavy (non-hydrogen) atoms. The lowest BCUT2D eigenvalue weighted by molar-refractivity contribution is 1.19. The highest BCUT2D eigenvalue weighted by Gasteiger charge is 2.16. The molecule has 0 spiro atoms. The minimum atomic E-state index is 1.21. The van der Waals surface area contributed by atoms with Crippen LogP contribution in [0, 0.1) is 0 Å². The molecule has 1 nitrogen and oxygen atoms in total. The van der Waals surface area contributed by atoms with Crippen LogP contribution in [0.1, 0.15) is 0 Å². The quantitative estimate of drug-likeness (QED) is 0.188. The van der Waals surface area contributed by atoms with Gasteiger partial charge in [0.1, 0.15) is 0 Å². The van der Waals surface area contributed by atoms with E-state index < -0.39 is 0 Å². The molecule has 0 aliphatic rings. The summed E-state index contributed by atoms with van der Waals surface area (Å²) in [6.45, 7) is 0. The van der Waals surface area contributed by atoms with Crippen LogP contribution in [0.5, 0.6) is 0 Å². The lowest BCUT2D eigenvalue weighted by atomic mass is 9.98. The molecule has 3 heteroatoms. The summed E-state index contributed by atoms with van der Waals surface area (Å²) in [5, 5.41) is 7.93. The average Bonchev–Trinajstić information content (AvgIpc) is 3.78. The molecule has 10 rings (SSSR count). The monoisotopic (exact) mass is 607 g/mol. The third-order valence-corrected chi connectivity index (χ3v) is 11.7. The zero-order valence-electron chi connectivity index (χ0n) is 24.2. The van der Waals surface area contributed by atoms with Crippen molar-refractivity contribution in [1.82, 2.24) is 4.57 Å². The van der Waals surface area contributed by atoms with Crippen LogP contribution in [0.25, 0.3) is 90.1 Å². The molecular weight excluding hydrogens is 583 g/mol. The number of hydrogen-bond donors (Lipinski definition) is 0. The van der Waals surface area contributed by atoms with Crippen LogP contribution in [0.15, 0.2) is 152 Å². The number of fused-ring (bicyclic) bond motifs is 10. The Bertz CT molecular complexity index is 2710. The van der Waals surface area contributed by atoms with Crippen LogP contribution >= 0.6 is 22.7 Å². The number of aromatic nitrogens is 1. The lowest BCUT2D eigenvalue weighted by Crippen LogP contribution is -1.93. The highest BCUT2D eigenvalue weighted by molar-refractivity contribution is 7.33. The van der Waals surface area contributed by atoms with Crippen molar-refractivity contribution in [3.05, 3.63) is 152 Å². The highest BCUT2D eigenvalue weighted by atomic mass is 32.1. The molecule has 0 radical (unpaired) electrons. The number of rotatable bonds is 3. The average molecular weight is 608 g/mol. The summed E-state index contributed by atoms with van der Waals surface area (Å²) in [4.78, 5) is 0. The van der Waals surface area contributed by atoms with E-state index in [1.165, 1.54) is 90.1 Å². The van der Waals surface area contributed by atoms with E-state index in [1.54, 1.807) is 0 Å². The van der Waals surface area contributed by atoms with Gasteiger partial charge in [0.15, 0.2) is 0 Å². The third kappa shape index (κ3) is 3.78. The Morgan fingerprint density at radius 2 is 0.867 bits per heavy atom. The Labute approximate surface area is 267 Å². The van der Waals surface area contributed by atoms with Crippen LogP contribution < -0.4 is 0 Å². The highest BCUT2D eigenvalue weighted by Crippen LogP contribution is 2.46. The Morgan fingerprint density at radius 3 is 1.56 bits per heavy atom. The van der Waals surface area contributed by atoms with E-state index in [0.717, 1.165) is 0 Å². The Hall–Kier alpha value is -5.22. The van der Waals surface area contributed by atoms with E-state index in [2.05, 4.69) is 156 Å². The predicted molar refractivity (Wildman–Crippen MR) is 197 cm³/mol. The molecular formula is C42H25NS2. The van der Waals surface area contributed by atoms with Gasteiger partial charge in [0.05, 0.1) is 20.4 Å². The summed E-state index contributed by atoms with van der Waals surface area (Å²) in [5.41, 5.74) is 8.69.